The van der Waals surface area contributed by atoms with E-state index in [4.69, 9.17) is 51.2 Å². The molecule has 3 aromatic rings. The van der Waals surface area contributed by atoms with Crippen molar-refractivity contribution in [1.82, 2.24) is 9.55 Å². The molecule has 0 bridgehead atoms. The number of halogens is 4. The van der Waals surface area contributed by atoms with Gasteiger partial charge < -0.3 is 4.57 Å². The van der Waals surface area contributed by atoms with Crippen molar-refractivity contribution in [3.63, 3.8) is 0 Å². The van der Waals surface area contributed by atoms with Crippen molar-refractivity contribution >= 4 is 57.7 Å². The van der Waals surface area contributed by atoms with E-state index in [0.717, 1.165) is 0 Å². The Bertz CT molecular complexity index is 1050. The molecule has 0 atom stereocenters. The summed E-state index contributed by atoms with van der Waals surface area (Å²) in [5, 5.41) is 11.6. The third kappa shape index (κ3) is 4.77. The van der Waals surface area contributed by atoms with Crippen LogP contribution in [0.15, 0.2) is 55.1 Å². The Morgan fingerprint density at radius 1 is 1.07 bits per heavy atom. The third-order valence-corrected chi connectivity index (χ3v) is 5.06. The Kier molecular flexibility index (Phi) is 6.46. The normalized spacial score (nSPS) is 11.9. The first-order valence-corrected chi connectivity index (χ1v) is 9.28. The van der Waals surface area contributed by atoms with Crippen LogP contribution in [0.25, 0.3) is 11.3 Å². The van der Waals surface area contributed by atoms with Gasteiger partial charge >= 0.3 is 0 Å². The molecule has 0 saturated heterocycles. The van der Waals surface area contributed by atoms with Crippen molar-refractivity contribution in [2.45, 2.75) is 6.54 Å². The number of hydrogen-bond acceptors (Lipinski definition) is 4. The highest BCUT2D eigenvalue weighted by Crippen LogP contribution is 2.36. The van der Waals surface area contributed by atoms with E-state index >= 15 is 0 Å². The van der Waals surface area contributed by atoms with E-state index in [2.05, 4.69) is 4.98 Å². The molecule has 10 heteroatoms. The summed E-state index contributed by atoms with van der Waals surface area (Å²) in [7, 11) is 0. The molecule has 1 aromatic heterocycles. The van der Waals surface area contributed by atoms with Crippen molar-refractivity contribution in [1.29, 1.82) is 0 Å². The highest BCUT2D eigenvalue weighted by molar-refractivity contribution is 6.42. The number of imidazole rings is 1. The SMILES string of the molecule is O=[N+]([O-])O/C(=C(/Cn1ccnc1)c1ccc(Cl)cc1Cl)c1ccc(Cl)c(Cl)c1. The fourth-order valence-corrected chi connectivity index (χ4v) is 3.39. The Labute approximate surface area is 180 Å². The summed E-state index contributed by atoms with van der Waals surface area (Å²) < 4.78 is 1.72. The minimum Gasteiger partial charge on any atom is -0.333 e. The lowest BCUT2D eigenvalue weighted by Gasteiger charge is -2.17. The molecule has 0 aliphatic carbocycles. The van der Waals surface area contributed by atoms with Crippen LogP contribution < -0.4 is 0 Å². The van der Waals surface area contributed by atoms with E-state index in [1.807, 2.05) is 0 Å². The Hall–Kier alpha value is -2.25. The van der Waals surface area contributed by atoms with Crippen LogP contribution in [0.3, 0.4) is 0 Å². The maximum absolute atomic E-state index is 11.2. The maximum atomic E-state index is 11.2. The minimum atomic E-state index is -0.893. The van der Waals surface area contributed by atoms with Crippen LogP contribution in [0.4, 0.5) is 0 Å². The molecule has 6 nitrogen and oxygen atoms in total. The Balaban J connectivity index is 2.27. The lowest BCUT2D eigenvalue weighted by Crippen LogP contribution is -2.08. The second kappa shape index (κ2) is 8.84. The molecule has 0 fully saturated rings. The van der Waals surface area contributed by atoms with Gasteiger partial charge in [0.05, 0.1) is 22.9 Å². The number of nitrogens with zero attached hydrogens (tertiary/aromatic N) is 3. The molecule has 28 heavy (non-hydrogen) atoms. The quantitative estimate of drug-likeness (QED) is 0.189. The highest BCUT2D eigenvalue weighted by Gasteiger charge is 2.20. The van der Waals surface area contributed by atoms with E-state index < -0.39 is 5.09 Å². The van der Waals surface area contributed by atoms with Gasteiger partial charge in [0.15, 0.2) is 0 Å². The summed E-state index contributed by atoms with van der Waals surface area (Å²) in [6, 6.07) is 9.43. The number of hydrogen-bond donors (Lipinski definition) is 0. The lowest BCUT2D eigenvalue weighted by molar-refractivity contribution is -0.730. The van der Waals surface area contributed by atoms with Crippen LogP contribution in [-0.4, -0.2) is 14.6 Å². The van der Waals surface area contributed by atoms with Crippen LogP contribution in [0.1, 0.15) is 11.1 Å². The zero-order chi connectivity index (χ0) is 20.3. The van der Waals surface area contributed by atoms with Gasteiger partial charge in [-0.15, -0.1) is 10.1 Å². The van der Waals surface area contributed by atoms with Crippen LogP contribution in [-0.2, 0) is 11.4 Å². The molecule has 0 unspecified atom stereocenters. The summed E-state index contributed by atoms with van der Waals surface area (Å²) >= 11 is 24.4. The molecule has 0 spiro atoms. The number of rotatable bonds is 6. The summed E-state index contributed by atoms with van der Waals surface area (Å²) in [5.74, 6) is -0.0264. The van der Waals surface area contributed by atoms with Crippen LogP contribution in [0, 0.1) is 10.1 Å². The first kappa shape index (κ1) is 20.5. The van der Waals surface area contributed by atoms with E-state index in [0.29, 0.717) is 31.8 Å². The maximum Gasteiger partial charge on any atom is 0.299 e. The Morgan fingerprint density at radius 2 is 1.86 bits per heavy atom. The molecular formula is C18H11Cl4N3O3. The largest absolute Gasteiger partial charge is 0.333 e. The van der Waals surface area contributed by atoms with Gasteiger partial charge in [-0.2, -0.15) is 0 Å². The smallest absolute Gasteiger partial charge is 0.299 e. The van der Waals surface area contributed by atoms with Crippen molar-refractivity contribution in [2.75, 3.05) is 0 Å². The van der Waals surface area contributed by atoms with Crippen LogP contribution in [0.2, 0.25) is 20.1 Å². The number of allylic oxidation sites excluding steroid dienone is 1. The molecule has 0 saturated carbocycles. The van der Waals surface area contributed by atoms with Crippen molar-refractivity contribution in [3.8, 4) is 0 Å². The van der Waals surface area contributed by atoms with Gasteiger partial charge in [-0.3, -0.25) is 4.84 Å². The number of aromatic nitrogens is 2. The lowest BCUT2D eigenvalue weighted by atomic mass is 10.0. The number of benzene rings is 2. The monoisotopic (exact) mass is 457 g/mol. The molecule has 0 radical (unpaired) electrons. The first-order valence-electron chi connectivity index (χ1n) is 7.77. The van der Waals surface area contributed by atoms with Crippen molar-refractivity contribution in [3.05, 3.63) is 96.5 Å². The third-order valence-electron chi connectivity index (χ3n) is 3.78. The molecule has 3 rings (SSSR count). The molecular weight excluding hydrogens is 448 g/mol. The average molecular weight is 459 g/mol. The topological polar surface area (TPSA) is 70.2 Å². The fraction of sp³-hybridized carbons (Fsp3) is 0.0556. The van der Waals surface area contributed by atoms with Gasteiger partial charge in [-0.1, -0.05) is 58.5 Å². The summed E-state index contributed by atoms with van der Waals surface area (Å²) in [4.78, 5) is 20.2. The predicted molar refractivity (Wildman–Crippen MR) is 110 cm³/mol. The van der Waals surface area contributed by atoms with Crippen molar-refractivity contribution < 1.29 is 9.92 Å². The molecule has 0 amide bonds. The summed E-state index contributed by atoms with van der Waals surface area (Å²) in [6.45, 7) is 0.199. The highest BCUT2D eigenvalue weighted by atomic mass is 35.5. The minimum absolute atomic E-state index is 0.0264. The van der Waals surface area contributed by atoms with Gasteiger partial charge in [-0.25, -0.2) is 4.98 Å². The van der Waals surface area contributed by atoms with Crippen LogP contribution in [0.5, 0.6) is 0 Å². The van der Waals surface area contributed by atoms with E-state index in [1.165, 1.54) is 12.1 Å². The van der Waals surface area contributed by atoms with Crippen molar-refractivity contribution in [2.24, 2.45) is 0 Å². The van der Waals surface area contributed by atoms with E-state index in [1.54, 1.807) is 47.6 Å². The Morgan fingerprint density at radius 3 is 2.46 bits per heavy atom. The standard InChI is InChI=1S/C18H11Cl4N3O3/c19-12-2-3-13(16(21)8-12)14(9-24-6-5-23-10-24)18(28-25(26)27)11-1-4-15(20)17(22)7-11/h1-8,10H,9H2/b18-14-. The second-order valence-corrected chi connectivity index (χ2v) is 7.27. The average Bonchev–Trinajstić information content (AvgIpc) is 3.14. The molecule has 0 aliphatic heterocycles. The molecule has 1 heterocycles. The fourth-order valence-electron chi connectivity index (χ4n) is 2.57. The predicted octanol–water partition coefficient (Wildman–Crippen LogP) is 6.27. The van der Waals surface area contributed by atoms with Gasteiger partial charge in [0, 0.05) is 39.1 Å². The van der Waals surface area contributed by atoms with Gasteiger partial charge in [0.25, 0.3) is 5.09 Å². The molecule has 0 N–H and O–H groups in total. The summed E-state index contributed by atoms with van der Waals surface area (Å²) in [5.41, 5.74) is 1.32. The molecule has 0 aliphatic rings. The molecule has 144 valence electrons. The van der Waals surface area contributed by atoms with Gasteiger partial charge in [-0.05, 0) is 24.3 Å². The van der Waals surface area contributed by atoms with E-state index in [9.17, 15) is 10.1 Å². The van der Waals surface area contributed by atoms with E-state index in [-0.39, 0.29) is 17.3 Å². The summed E-state index contributed by atoms with van der Waals surface area (Å²) in [6.07, 6.45) is 4.87. The second-order valence-electron chi connectivity index (χ2n) is 5.61. The molecule has 2 aromatic carbocycles. The van der Waals surface area contributed by atoms with Gasteiger partial charge in [0.2, 0.25) is 0 Å². The zero-order valence-electron chi connectivity index (χ0n) is 14.0. The first-order chi connectivity index (χ1) is 13.3. The van der Waals surface area contributed by atoms with Crippen LogP contribution >= 0.6 is 46.4 Å². The zero-order valence-corrected chi connectivity index (χ0v) is 17.0. The van der Waals surface area contributed by atoms with Gasteiger partial charge in [0.1, 0.15) is 5.76 Å².